The molecule has 0 bridgehead atoms. The number of hydrogen-bond donors (Lipinski definition) is 1. The minimum absolute atomic E-state index is 0.367. The second-order valence-corrected chi connectivity index (χ2v) is 6.65. The first-order valence-corrected chi connectivity index (χ1v) is 7.22. The molecule has 0 spiro atoms. The van der Waals surface area contributed by atoms with E-state index in [1.165, 1.54) is 12.0 Å². The molecule has 2 rings (SSSR count). The maximum absolute atomic E-state index is 9.68. The van der Waals surface area contributed by atoms with Gasteiger partial charge in [-0.1, -0.05) is 32.0 Å². The first-order valence-electron chi connectivity index (χ1n) is 7.22. The molecule has 19 heavy (non-hydrogen) atoms. The molecule has 0 aromatic heterocycles. The van der Waals surface area contributed by atoms with Crippen LogP contribution in [0.3, 0.4) is 0 Å². The normalized spacial score (nSPS) is 26.2. The average molecular weight is 256 g/mol. The van der Waals surface area contributed by atoms with E-state index in [1.807, 2.05) is 12.1 Å². The molecule has 1 atom stereocenters. The van der Waals surface area contributed by atoms with E-state index in [2.05, 4.69) is 44.3 Å². The molecule has 0 aliphatic heterocycles. The highest BCUT2D eigenvalue weighted by Gasteiger charge is 2.35. The molecular formula is C17H24N2. The van der Waals surface area contributed by atoms with Crippen LogP contribution in [0.15, 0.2) is 24.3 Å². The van der Waals surface area contributed by atoms with Crippen molar-refractivity contribution in [1.29, 1.82) is 5.26 Å². The van der Waals surface area contributed by atoms with Gasteiger partial charge in [-0.05, 0) is 56.1 Å². The number of nitriles is 1. The summed E-state index contributed by atoms with van der Waals surface area (Å²) < 4.78 is 0. The molecule has 102 valence electrons. The Morgan fingerprint density at radius 3 is 2.53 bits per heavy atom. The summed E-state index contributed by atoms with van der Waals surface area (Å²) in [6, 6.07) is 10.8. The maximum Gasteiger partial charge on any atom is 0.125 e. The van der Waals surface area contributed by atoms with Crippen LogP contribution in [0, 0.1) is 23.7 Å². The molecule has 0 heterocycles. The van der Waals surface area contributed by atoms with E-state index in [9.17, 15) is 5.26 Å². The summed E-state index contributed by atoms with van der Waals surface area (Å²) in [5.74, 6) is 0. The summed E-state index contributed by atoms with van der Waals surface area (Å²) >= 11 is 0. The maximum atomic E-state index is 9.68. The van der Waals surface area contributed by atoms with E-state index in [4.69, 9.17) is 0 Å². The molecule has 0 saturated heterocycles. The Hall–Kier alpha value is -1.49. The van der Waals surface area contributed by atoms with Crippen molar-refractivity contribution in [2.24, 2.45) is 5.41 Å². The van der Waals surface area contributed by atoms with Gasteiger partial charge in [0.2, 0.25) is 0 Å². The minimum Gasteiger partial charge on any atom is -0.367 e. The molecule has 1 aromatic carbocycles. The highest BCUT2D eigenvalue weighted by Crippen LogP contribution is 2.39. The van der Waals surface area contributed by atoms with Gasteiger partial charge in [0.05, 0.1) is 6.07 Å². The van der Waals surface area contributed by atoms with Crippen LogP contribution in [0.1, 0.15) is 51.5 Å². The summed E-state index contributed by atoms with van der Waals surface area (Å²) in [6.07, 6.45) is 5.33. The number of rotatable bonds is 2. The Bertz CT molecular complexity index is 484. The number of para-hydroxylation sites is 1. The van der Waals surface area contributed by atoms with Crippen molar-refractivity contribution in [2.45, 2.75) is 58.4 Å². The molecule has 1 aliphatic rings. The number of hydrogen-bond acceptors (Lipinski definition) is 2. The average Bonchev–Trinajstić information content (AvgIpc) is 2.52. The predicted molar refractivity (Wildman–Crippen MR) is 80.0 cm³/mol. The number of nitrogens with zero attached hydrogens (tertiary/aromatic N) is 1. The van der Waals surface area contributed by atoms with Crippen molar-refractivity contribution in [1.82, 2.24) is 0 Å². The molecule has 1 saturated carbocycles. The van der Waals surface area contributed by atoms with E-state index in [1.54, 1.807) is 0 Å². The molecule has 2 nitrogen and oxygen atoms in total. The van der Waals surface area contributed by atoms with Crippen molar-refractivity contribution in [2.75, 3.05) is 5.32 Å². The number of benzene rings is 1. The largest absolute Gasteiger partial charge is 0.367 e. The van der Waals surface area contributed by atoms with Gasteiger partial charge in [0.1, 0.15) is 5.54 Å². The lowest BCUT2D eigenvalue weighted by molar-refractivity contribution is 0.310. The lowest BCUT2D eigenvalue weighted by Crippen LogP contribution is -2.36. The zero-order valence-electron chi connectivity index (χ0n) is 12.3. The molecule has 2 heteroatoms. The summed E-state index contributed by atoms with van der Waals surface area (Å²) in [5, 5.41) is 13.2. The van der Waals surface area contributed by atoms with E-state index in [0.29, 0.717) is 5.41 Å². The summed E-state index contributed by atoms with van der Waals surface area (Å²) in [7, 11) is 0. The molecule has 1 fully saturated rings. The number of nitrogens with one attached hydrogen (secondary N) is 1. The van der Waals surface area contributed by atoms with Crippen LogP contribution in [-0.4, -0.2) is 5.54 Å². The fourth-order valence-corrected chi connectivity index (χ4v) is 2.91. The monoisotopic (exact) mass is 256 g/mol. The third-order valence-electron chi connectivity index (χ3n) is 4.42. The van der Waals surface area contributed by atoms with Gasteiger partial charge in [0, 0.05) is 5.69 Å². The summed E-state index contributed by atoms with van der Waals surface area (Å²) in [6.45, 7) is 6.72. The quantitative estimate of drug-likeness (QED) is 0.781. The lowest BCUT2D eigenvalue weighted by atomic mass is 9.83. The van der Waals surface area contributed by atoms with Gasteiger partial charge in [0.25, 0.3) is 0 Å². The Morgan fingerprint density at radius 1 is 1.11 bits per heavy atom. The van der Waals surface area contributed by atoms with E-state index >= 15 is 0 Å². The van der Waals surface area contributed by atoms with Crippen molar-refractivity contribution >= 4 is 5.69 Å². The second kappa shape index (κ2) is 5.25. The second-order valence-electron chi connectivity index (χ2n) is 6.65. The fraction of sp³-hybridized carbons (Fsp3) is 0.588. The van der Waals surface area contributed by atoms with Crippen LogP contribution in [-0.2, 0) is 0 Å². The molecule has 1 aliphatic carbocycles. The van der Waals surface area contributed by atoms with E-state index < -0.39 is 0 Å². The molecule has 1 N–H and O–H groups in total. The Kier molecular flexibility index (Phi) is 3.85. The minimum atomic E-state index is -0.389. The predicted octanol–water partition coefficient (Wildman–Crippen LogP) is 4.66. The van der Waals surface area contributed by atoms with Crippen molar-refractivity contribution in [3.63, 3.8) is 0 Å². The fourth-order valence-electron chi connectivity index (χ4n) is 2.91. The van der Waals surface area contributed by atoms with Crippen molar-refractivity contribution < 1.29 is 0 Å². The van der Waals surface area contributed by atoms with Gasteiger partial charge in [-0.25, -0.2) is 0 Å². The van der Waals surface area contributed by atoms with Crippen LogP contribution in [0.5, 0.6) is 0 Å². The first kappa shape index (κ1) is 13.9. The van der Waals surface area contributed by atoms with Crippen LogP contribution in [0.2, 0.25) is 0 Å². The lowest BCUT2D eigenvalue weighted by Gasteiger charge is -2.29. The number of anilines is 1. The van der Waals surface area contributed by atoms with Gasteiger partial charge in [0.15, 0.2) is 0 Å². The van der Waals surface area contributed by atoms with Crippen LogP contribution in [0.4, 0.5) is 5.69 Å². The van der Waals surface area contributed by atoms with E-state index in [-0.39, 0.29) is 5.54 Å². The summed E-state index contributed by atoms with van der Waals surface area (Å²) in [5.41, 5.74) is 2.29. The Labute approximate surface area is 116 Å². The molecule has 0 amide bonds. The standard InChI is InChI=1S/C17H24N2/c1-14-7-4-5-8-15(14)19-17(13-18)10-6-9-16(2,3)11-12-17/h4-5,7-8,19H,6,9-12H2,1-3H3. The zero-order chi connectivity index (χ0) is 13.9. The van der Waals surface area contributed by atoms with Crippen LogP contribution in [0.25, 0.3) is 0 Å². The van der Waals surface area contributed by atoms with E-state index in [0.717, 1.165) is 31.4 Å². The molecule has 1 aromatic rings. The SMILES string of the molecule is Cc1ccccc1NC1(C#N)CCCC(C)(C)CC1. The Morgan fingerprint density at radius 2 is 1.84 bits per heavy atom. The molecular weight excluding hydrogens is 232 g/mol. The number of aryl methyl sites for hydroxylation is 1. The van der Waals surface area contributed by atoms with Crippen molar-refractivity contribution in [3.05, 3.63) is 29.8 Å². The van der Waals surface area contributed by atoms with Gasteiger partial charge in [-0.3, -0.25) is 0 Å². The summed E-state index contributed by atoms with van der Waals surface area (Å²) in [4.78, 5) is 0. The Balaban J connectivity index is 2.20. The highest BCUT2D eigenvalue weighted by molar-refractivity contribution is 5.53. The molecule has 0 radical (unpaired) electrons. The van der Waals surface area contributed by atoms with Gasteiger partial charge >= 0.3 is 0 Å². The first-order chi connectivity index (χ1) is 8.96. The van der Waals surface area contributed by atoms with Crippen LogP contribution >= 0.6 is 0 Å². The third kappa shape index (κ3) is 3.29. The highest BCUT2D eigenvalue weighted by atomic mass is 15.0. The topological polar surface area (TPSA) is 35.8 Å². The zero-order valence-corrected chi connectivity index (χ0v) is 12.3. The van der Waals surface area contributed by atoms with Crippen molar-refractivity contribution in [3.8, 4) is 6.07 Å². The van der Waals surface area contributed by atoms with Crippen LogP contribution < -0.4 is 5.32 Å². The van der Waals surface area contributed by atoms with Gasteiger partial charge < -0.3 is 5.32 Å². The van der Waals surface area contributed by atoms with Gasteiger partial charge in [-0.2, -0.15) is 5.26 Å². The van der Waals surface area contributed by atoms with Gasteiger partial charge in [-0.15, -0.1) is 0 Å². The smallest absolute Gasteiger partial charge is 0.125 e. The third-order valence-corrected chi connectivity index (χ3v) is 4.42. The molecule has 1 unspecified atom stereocenters.